The average Bonchev–Trinajstić information content (AvgIpc) is 2.25. The molecular weight excluding hydrogens is 186 g/mol. The summed E-state index contributed by atoms with van der Waals surface area (Å²) in [6, 6.07) is 0.750. The summed E-state index contributed by atoms with van der Waals surface area (Å²) in [5, 5.41) is 9.08. The second-order valence-electron chi connectivity index (χ2n) is 5.03. The molecule has 1 saturated carbocycles. The first-order valence-electron chi connectivity index (χ1n) is 6.62. The third kappa shape index (κ3) is 4.52. The van der Waals surface area contributed by atoms with Crippen LogP contribution in [0.25, 0.3) is 0 Å². The van der Waals surface area contributed by atoms with Crippen LogP contribution in [0.4, 0.5) is 0 Å². The maximum Gasteiger partial charge on any atom is 0.0558 e. The Morgan fingerprint density at radius 3 is 2.33 bits per heavy atom. The van der Waals surface area contributed by atoms with Crippen molar-refractivity contribution in [1.82, 2.24) is 4.90 Å². The minimum Gasteiger partial charge on any atom is -0.395 e. The molecule has 1 fully saturated rings. The maximum absolute atomic E-state index is 9.08. The molecule has 0 radical (unpaired) electrons. The van der Waals surface area contributed by atoms with Crippen molar-refractivity contribution in [2.75, 3.05) is 19.7 Å². The van der Waals surface area contributed by atoms with Gasteiger partial charge in [-0.1, -0.05) is 20.3 Å². The summed E-state index contributed by atoms with van der Waals surface area (Å²) >= 11 is 0. The highest BCUT2D eigenvalue weighted by Gasteiger charge is 2.22. The zero-order chi connectivity index (χ0) is 11.1. The predicted octanol–water partition coefficient (Wildman–Crippen LogP) is 2.66. The van der Waals surface area contributed by atoms with Gasteiger partial charge in [-0.15, -0.1) is 0 Å². The molecule has 0 atom stereocenters. The smallest absolute Gasteiger partial charge is 0.0558 e. The molecule has 1 N–H and O–H groups in total. The second-order valence-corrected chi connectivity index (χ2v) is 5.03. The Hall–Kier alpha value is -0.0800. The van der Waals surface area contributed by atoms with Gasteiger partial charge in [0.25, 0.3) is 0 Å². The van der Waals surface area contributed by atoms with Crippen molar-refractivity contribution in [3.8, 4) is 0 Å². The average molecular weight is 213 g/mol. The Morgan fingerprint density at radius 2 is 1.80 bits per heavy atom. The lowest BCUT2D eigenvalue weighted by Crippen LogP contribution is -2.40. The number of aliphatic hydroxyl groups excluding tert-OH is 1. The summed E-state index contributed by atoms with van der Waals surface area (Å²) in [4.78, 5) is 2.51. The molecule has 0 aromatic heterocycles. The first-order valence-corrected chi connectivity index (χ1v) is 6.62. The zero-order valence-corrected chi connectivity index (χ0v) is 10.4. The number of unbranched alkanes of at least 4 members (excludes halogenated alkanes) is 1. The van der Waals surface area contributed by atoms with E-state index in [1.54, 1.807) is 0 Å². The van der Waals surface area contributed by atoms with Gasteiger partial charge in [0.1, 0.15) is 0 Å². The van der Waals surface area contributed by atoms with Gasteiger partial charge < -0.3 is 5.11 Å². The van der Waals surface area contributed by atoms with Gasteiger partial charge in [0, 0.05) is 12.6 Å². The van der Waals surface area contributed by atoms with Gasteiger partial charge in [-0.25, -0.2) is 0 Å². The SMILES string of the molecule is CCCCN(CCO)C1CCC(C)CC1. The van der Waals surface area contributed by atoms with Crippen LogP contribution in [0.3, 0.4) is 0 Å². The summed E-state index contributed by atoms with van der Waals surface area (Å²) in [5.74, 6) is 0.920. The maximum atomic E-state index is 9.08. The highest BCUT2D eigenvalue weighted by atomic mass is 16.3. The van der Waals surface area contributed by atoms with E-state index in [-0.39, 0.29) is 0 Å². The van der Waals surface area contributed by atoms with Gasteiger partial charge >= 0.3 is 0 Å². The molecule has 0 aromatic carbocycles. The summed E-state index contributed by atoms with van der Waals surface area (Å²) in [7, 11) is 0. The Labute approximate surface area is 94.7 Å². The monoisotopic (exact) mass is 213 g/mol. The van der Waals surface area contributed by atoms with Crippen LogP contribution in [0.1, 0.15) is 52.4 Å². The van der Waals surface area contributed by atoms with Crippen LogP contribution in [0.2, 0.25) is 0 Å². The van der Waals surface area contributed by atoms with Gasteiger partial charge in [-0.2, -0.15) is 0 Å². The molecule has 2 nitrogen and oxygen atoms in total. The van der Waals surface area contributed by atoms with Gasteiger partial charge in [-0.05, 0) is 44.6 Å². The summed E-state index contributed by atoms with van der Waals surface area (Å²) in [6.07, 6.45) is 7.95. The Kier molecular flexibility index (Phi) is 6.26. The number of nitrogens with zero attached hydrogens (tertiary/aromatic N) is 1. The highest BCUT2D eigenvalue weighted by Crippen LogP contribution is 2.27. The van der Waals surface area contributed by atoms with E-state index in [0.29, 0.717) is 6.61 Å². The molecule has 0 unspecified atom stereocenters. The minimum atomic E-state index is 0.315. The van der Waals surface area contributed by atoms with Crippen molar-refractivity contribution in [3.05, 3.63) is 0 Å². The quantitative estimate of drug-likeness (QED) is 0.733. The Bertz CT molecular complexity index is 153. The molecule has 0 aromatic rings. The lowest BCUT2D eigenvalue weighted by Gasteiger charge is -2.35. The fourth-order valence-electron chi connectivity index (χ4n) is 2.57. The van der Waals surface area contributed by atoms with E-state index in [2.05, 4.69) is 18.7 Å². The van der Waals surface area contributed by atoms with Crippen LogP contribution in [0.15, 0.2) is 0 Å². The molecule has 1 aliphatic rings. The Balaban J connectivity index is 2.33. The molecule has 0 saturated heterocycles. The zero-order valence-electron chi connectivity index (χ0n) is 10.4. The van der Waals surface area contributed by atoms with Crippen LogP contribution in [0, 0.1) is 5.92 Å². The lowest BCUT2D eigenvalue weighted by molar-refractivity contribution is 0.112. The third-order valence-electron chi connectivity index (χ3n) is 3.69. The normalized spacial score (nSPS) is 27.2. The van der Waals surface area contributed by atoms with E-state index < -0.39 is 0 Å². The summed E-state index contributed by atoms with van der Waals surface area (Å²) in [5.41, 5.74) is 0. The number of aliphatic hydroxyl groups is 1. The first-order chi connectivity index (χ1) is 7.27. The first kappa shape index (κ1) is 13.0. The van der Waals surface area contributed by atoms with Crippen molar-refractivity contribution in [1.29, 1.82) is 0 Å². The molecule has 0 bridgehead atoms. The molecule has 1 rings (SSSR count). The summed E-state index contributed by atoms with van der Waals surface area (Å²) < 4.78 is 0. The minimum absolute atomic E-state index is 0.315. The van der Waals surface area contributed by atoms with Crippen molar-refractivity contribution in [2.45, 2.75) is 58.4 Å². The molecule has 15 heavy (non-hydrogen) atoms. The van der Waals surface area contributed by atoms with Gasteiger partial charge in [0.15, 0.2) is 0 Å². The molecule has 90 valence electrons. The van der Waals surface area contributed by atoms with E-state index in [0.717, 1.165) is 18.5 Å². The molecule has 0 spiro atoms. The molecular formula is C13H27NO. The van der Waals surface area contributed by atoms with Crippen LogP contribution < -0.4 is 0 Å². The van der Waals surface area contributed by atoms with E-state index in [9.17, 15) is 0 Å². The molecule has 0 amide bonds. The van der Waals surface area contributed by atoms with E-state index in [1.807, 2.05) is 0 Å². The standard InChI is InChI=1S/C13H27NO/c1-3-4-9-14(10-11-15)13-7-5-12(2)6-8-13/h12-13,15H,3-11H2,1-2H3. The number of rotatable bonds is 6. The Morgan fingerprint density at radius 1 is 1.13 bits per heavy atom. The molecule has 0 heterocycles. The van der Waals surface area contributed by atoms with Crippen LogP contribution in [0.5, 0.6) is 0 Å². The van der Waals surface area contributed by atoms with Gasteiger partial charge in [0.2, 0.25) is 0 Å². The molecule has 1 aliphatic carbocycles. The van der Waals surface area contributed by atoms with Crippen LogP contribution in [-0.4, -0.2) is 35.7 Å². The van der Waals surface area contributed by atoms with Gasteiger partial charge in [0.05, 0.1) is 6.61 Å². The van der Waals surface area contributed by atoms with Gasteiger partial charge in [-0.3, -0.25) is 4.90 Å². The predicted molar refractivity (Wildman–Crippen MR) is 65.0 cm³/mol. The second kappa shape index (κ2) is 7.24. The highest BCUT2D eigenvalue weighted by molar-refractivity contribution is 4.78. The van der Waals surface area contributed by atoms with Crippen molar-refractivity contribution < 1.29 is 5.11 Å². The van der Waals surface area contributed by atoms with Crippen LogP contribution in [-0.2, 0) is 0 Å². The van der Waals surface area contributed by atoms with E-state index in [4.69, 9.17) is 5.11 Å². The number of hydrogen-bond acceptors (Lipinski definition) is 2. The van der Waals surface area contributed by atoms with E-state index >= 15 is 0 Å². The van der Waals surface area contributed by atoms with Crippen molar-refractivity contribution in [2.24, 2.45) is 5.92 Å². The third-order valence-corrected chi connectivity index (χ3v) is 3.69. The fourth-order valence-corrected chi connectivity index (χ4v) is 2.57. The van der Waals surface area contributed by atoms with E-state index in [1.165, 1.54) is 45.1 Å². The fraction of sp³-hybridized carbons (Fsp3) is 1.00. The van der Waals surface area contributed by atoms with Crippen LogP contribution >= 0.6 is 0 Å². The lowest BCUT2D eigenvalue weighted by atomic mass is 9.86. The van der Waals surface area contributed by atoms with Crippen molar-refractivity contribution in [3.63, 3.8) is 0 Å². The summed E-state index contributed by atoms with van der Waals surface area (Å²) in [6.45, 7) is 6.96. The molecule has 0 aliphatic heterocycles. The number of hydrogen-bond donors (Lipinski definition) is 1. The van der Waals surface area contributed by atoms with Crippen molar-refractivity contribution >= 4 is 0 Å². The topological polar surface area (TPSA) is 23.5 Å². The largest absolute Gasteiger partial charge is 0.395 e. The molecule has 2 heteroatoms.